The number of hydrogen-bond acceptors (Lipinski definition) is 2. The molecule has 5 heteroatoms. The van der Waals surface area contributed by atoms with Crippen LogP contribution in [0, 0.1) is 17.6 Å². The summed E-state index contributed by atoms with van der Waals surface area (Å²) in [5.41, 5.74) is 5.36. The third kappa shape index (κ3) is 3.43. The second-order valence-electron chi connectivity index (χ2n) is 3.19. The molecule has 0 fully saturated rings. The van der Waals surface area contributed by atoms with Crippen LogP contribution in [0.1, 0.15) is 6.92 Å². The van der Waals surface area contributed by atoms with Crippen LogP contribution in [-0.2, 0) is 0 Å². The summed E-state index contributed by atoms with van der Waals surface area (Å²) in [4.78, 5) is 0.303. The summed E-state index contributed by atoms with van der Waals surface area (Å²) in [6.07, 6.45) is 0. The van der Waals surface area contributed by atoms with Crippen LogP contribution in [0.4, 0.5) is 8.78 Å². The van der Waals surface area contributed by atoms with E-state index in [1.165, 1.54) is 6.07 Å². The topological polar surface area (TPSA) is 35.2 Å². The Morgan fingerprint density at radius 3 is 2.73 bits per heavy atom. The molecule has 1 atom stereocenters. The molecule has 2 nitrogen and oxygen atoms in total. The van der Waals surface area contributed by atoms with Crippen molar-refractivity contribution in [3.63, 3.8) is 0 Å². The van der Waals surface area contributed by atoms with Crippen molar-refractivity contribution in [2.45, 2.75) is 6.92 Å². The molecule has 1 aromatic carbocycles. The van der Waals surface area contributed by atoms with Gasteiger partial charge in [-0.25, -0.2) is 8.78 Å². The molecular weight excluding hydrogens is 220 g/mol. The van der Waals surface area contributed by atoms with Gasteiger partial charge < -0.3 is 10.5 Å². The molecule has 1 unspecified atom stereocenters. The Kier molecular flexibility index (Phi) is 3.96. The van der Waals surface area contributed by atoms with E-state index in [0.29, 0.717) is 4.99 Å². The van der Waals surface area contributed by atoms with Crippen LogP contribution in [0.2, 0.25) is 0 Å². The molecule has 1 aromatic rings. The largest absolute Gasteiger partial charge is 0.490 e. The molecule has 0 saturated heterocycles. The Balaban J connectivity index is 2.62. The summed E-state index contributed by atoms with van der Waals surface area (Å²) in [6.45, 7) is 1.95. The Morgan fingerprint density at radius 2 is 2.20 bits per heavy atom. The van der Waals surface area contributed by atoms with E-state index in [2.05, 4.69) is 0 Å². The van der Waals surface area contributed by atoms with Gasteiger partial charge in [-0.2, -0.15) is 0 Å². The first-order chi connectivity index (χ1) is 7.00. The maximum Gasteiger partial charge on any atom is 0.167 e. The lowest BCUT2D eigenvalue weighted by Gasteiger charge is -2.11. The first-order valence-corrected chi connectivity index (χ1v) is 4.78. The molecule has 0 aromatic heterocycles. The smallest absolute Gasteiger partial charge is 0.167 e. The van der Waals surface area contributed by atoms with Gasteiger partial charge in [0.2, 0.25) is 0 Å². The van der Waals surface area contributed by atoms with Crippen LogP contribution < -0.4 is 10.5 Å². The van der Waals surface area contributed by atoms with Gasteiger partial charge in [0.1, 0.15) is 5.82 Å². The maximum atomic E-state index is 13.1. The molecule has 1 rings (SSSR count). The van der Waals surface area contributed by atoms with Gasteiger partial charge in [0.15, 0.2) is 11.6 Å². The summed E-state index contributed by atoms with van der Waals surface area (Å²) in [5, 5.41) is 0. The van der Waals surface area contributed by atoms with E-state index in [9.17, 15) is 8.78 Å². The van der Waals surface area contributed by atoms with Crippen LogP contribution in [0.3, 0.4) is 0 Å². The number of halogens is 2. The summed E-state index contributed by atoms with van der Waals surface area (Å²) >= 11 is 4.73. The lowest BCUT2D eigenvalue weighted by atomic mass is 10.2. The minimum absolute atomic E-state index is 0.000463. The van der Waals surface area contributed by atoms with Crippen LogP contribution in [0.15, 0.2) is 18.2 Å². The number of nitrogens with two attached hydrogens (primary N) is 1. The third-order valence-corrected chi connectivity index (χ3v) is 2.27. The minimum Gasteiger partial charge on any atom is -0.490 e. The highest BCUT2D eigenvalue weighted by Crippen LogP contribution is 2.18. The number of benzene rings is 1. The Bertz CT molecular complexity index is 370. The quantitative estimate of drug-likeness (QED) is 0.807. The average Bonchev–Trinajstić information content (AvgIpc) is 2.15. The number of ether oxygens (including phenoxy) is 1. The highest BCUT2D eigenvalue weighted by molar-refractivity contribution is 7.80. The summed E-state index contributed by atoms with van der Waals surface area (Å²) < 4.78 is 30.7. The molecule has 0 aliphatic heterocycles. The Morgan fingerprint density at radius 1 is 1.53 bits per heavy atom. The predicted octanol–water partition coefficient (Wildman–Crippen LogP) is 2.27. The number of thiocarbonyl (C=S) groups is 1. The Hall–Kier alpha value is -1.23. The number of hydrogen-bond donors (Lipinski definition) is 1. The molecule has 0 radical (unpaired) electrons. The van der Waals surface area contributed by atoms with Crippen molar-refractivity contribution >= 4 is 17.2 Å². The molecule has 0 heterocycles. The first-order valence-electron chi connectivity index (χ1n) is 4.38. The van der Waals surface area contributed by atoms with E-state index in [1.807, 2.05) is 0 Å². The highest BCUT2D eigenvalue weighted by atomic mass is 32.1. The van der Waals surface area contributed by atoms with Crippen molar-refractivity contribution < 1.29 is 13.5 Å². The molecule has 2 N–H and O–H groups in total. The van der Waals surface area contributed by atoms with Crippen LogP contribution in [0.25, 0.3) is 0 Å². The molecule has 0 aliphatic carbocycles. The lowest BCUT2D eigenvalue weighted by Crippen LogP contribution is -2.24. The fourth-order valence-corrected chi connectivity index (χ4v) is 0.957. The first kappa shape index (κ1) is 11.8. The minimum atomic E-state index is -0.731. The van der Waals surface area contributed by atoms with Gasteiger partial charge >= 0.3 is 0 Å². The third-order valence-electron chi connectivity index (χ3n) is 1.87. The Labute approximate surface area is 92.0 Å². The van der Waals surface area contributed by atoms with Crippen molar-refractivity contribution in [2.75, 3.05) is 6.61 Å². The van der Waals surface area contributed by atoms with Crippen LogP contribution >= 0.6 is 12.2 Å². The summed E-state index contributed by atoms with van der Waals surface area (Å²) in [6, 6.07) is 3.13. The maximum absolute atomic E-state index is 13.1. The molecule has 0 saturated carbocycles. The van der Waals surface area contributed by atoms with E-state index in [0.717, 1.165) is 12.1 Å². The lowest BCUT2D eigenvalue weighted by molar-refractivity contribution is 0.279. The molecule has 82 valence electrons. The normalized spacial score (nSPS) is 12.2. The van der Waals surface area contributed by atoms with Crippen molar-refractivity contribution in [1.29, 1.82) is 0 Å². The molecule has 0 bridgehead atoms. The van der Waals surface area contributed by atoms with Crippen LogP contribution in [0.5, 0.6) is 5.75 Å². The van der Waals surface area contributed by atoms with Gasteiger partial charge in [0.05, 0.1) is 11.6 Å². The molecule has 15 heavy (non-hydrogen) atoms. The van der Waals surface area contributed by atoms with E-state index < -0.39 is 11.6 Å². The van der Waals surface area contributed by atoms with Crippen molar-refractivity contribution in [1.82, 2.24) is 0 Å². The fourth-order valence-electron chi connectivity index (χ4n) is 0.889. The summed E-state index contributed by atoms with van der Waals surface area (Å²) in [5.74, 6) is -1.52. The van der Waals surface area contributed by atoms with Gasteiger partial charge in [0.25, 0.3) is 0 Å². The average molecular weight is 231 g/mol. The zero-order chi connectivity index (χ0) is 11.4. The second kappa shape index (κ2) is 5.02. The zero-order valence-corrected chi connectivity index (χ0v) is 8.98. The van der Waals surface area contributed by atoms with Gasteiger partial charge in [-0.05, 0) is 12.1 Å². The predicted molar refractivity (Wildman–Crippen MR) is 57.8 cm³/mol. The fraction of sp³-hybridized carbons (Fsp3) is 0.300. The standard InChI is InChI=1S/C10H11F2NOS/c1-6(10(13)15)5-14-9-3-2-7(11)4-8(9)12/h2-4,6H,5H2,1H3,(H2,13,15). The number of rotatable bonds is 4. The van der Waals surface area contributed by atoms with Gasteiger partial charge in [-0.15, -0.1) is 0 Å². The van der Waals surface area contributed by atoms with Crippen molar-refractivity contribution in [3.8, 4) is 5.75 Å². The van der Waals surface area contributed by atoms with Gasteiger partial charge in [-0.1, -0.05) is 19.1 Å². The summed E-state index contributed by atoms with van der Waals surface area (Å²) in [7, 11) is 0. The van der Waals surface area contributed by atoms with E-state index in [-0.39, 0.29) is 18.3 Å². The van der Waals surface area contributed by atoms with E-state index >= 15 is 0 Å². The monoisotopic (exact) mass is 231 g/mol. The molecular formula is C10H11F2NOS. The van der Waals surface area contributed by atoms with E-state index in [1.54, 1.807) is 6.92 Å². The van der Waals surface area contributed by atoms with Gasteiger partial charge in [-0.3, -0.25) is 0 Å². The van der Waals surface area contributed by atoms with E-state index in [4.69, 9.17) is 22.7 Å². The molecule has 0 spiro atoms. The zero-order valence-electron chi connectivity index (χ0n) is 8.17. The highest BCUT2D eigenvalue weighted by Gasteiger charge is 2.09. The van der Waals surface area contributed by atoms with Crippen LogP contribution in [-0.4, -0.2) is 11.6 Å². The second-order valence-corrected chi connectivity index (χ2v) is 3.66. The molecule has 0 aliphatic rings. The SMILES string of the molecule is CC(COc1ccc(F)cc1F)C(N)=S. The van der Waals surface area contributed by atoms with Crippen molar-refractivity contribution in [3.05, 3.63) is 29.8 Å². The molecule has 0 amide bonds. The van der Waals surface area contributed by atoms with Crippen molar-refractivity contribution in [2.24, 2.45) is 11.7 Å². The van der Waals surface area contributed by atoms with Gasteiger partial charge in [0, 0.05) is 12.0 Å².